The van der Waals surface area contributed by atoms with Crippen molar-refractivity contribution in [2.24, 2.45) is 0 Å². The first kappa shape index (κ1) is 29.2. The van der Waals surface area contributed by atoms with Gasteiger partial charge < -0.3 is 10.6 Å². The monoisotopic (exact) mass is 641 g/mol. The fraction of sp³-hybridized carbons (Fsp3) is 0.300. The molecule has 2 aliphatic rings. The quantitative estimate of drug-likeness (QED) is 0.340. The third kappa shape index (κ3) is 6.62. The molecule has 0 bridgehead atoms. The molecule has 214 valence electrons. The Morgan fingerprint density at radius 1 is 1.00 bits per heavy atom. The van der Waals surface area contributed by atoms with Crippen LogP contribution in [-0.2, 0) is 28.2 Å². The summed E-state index contributed by atoms with van der Waals surface area (Å²) in [6, 6.07) is 19.2. The van der Waals surface area contributed by atoms with E-state index in [9.17, 15) is 18.8 Å². The average Bonchev–Trinajstić information content (AvgIpc) is 3.17. The molecule has 41 heavy (non-hydrogen) atoms. The van der Waals surface area contributed by atoms with Gasteiger partial charge in [0, 0.05) is 49.4 Å². The van der Waals surface area contributed by atoms with Crippen molar-refractivity contribution in [3.63, 3.8) is 0 Å². The first-order chi connectivity index (χ1) is 19.6. The standard InChI is InChI=1S/C30H30BrClFN5O3/c1-30(22-8-10-25(33)24(32)15-22)28(40)38(29(41)35-30)19-27(39)34-26-16-23(31)9-7-21(26)18-37-13-11-36(12-14-37)17-20-5-3-2-4-6-20/h2-10,15-16H,11-14,17-19H2,1H3,(H,34,39)(H,35,41). The molecule has 0 saturated carbocycles. The molecule has 2 saturated heterocycles. The molecule has 4 amide bonds. The van der Waals surface area contributed by atoms with E-state index >= 15 is 0 Å². The summed E-state index contributed by atoms with van der Waals surface area (Å²) in [5, 5.41) is 5.33. The number of rotatable bonds is 8. The Bertz CT molecular complexity index is 1470. The van der Waals surface area contributed by atoms with E-state index in [1.54, 1.807) is 0 Å². The van der Waals surface area contributed by atoms with E-state index in [-0.39, 0.29) is 5.02 Å². The number of urea groups is 1. The van der Waals surface area contributed by atoms with E-state index in [2.05, 4.69) is 60.6 Å². The number of carbonyl (C=O) groups is 3. The number of hydrogen-bond acceptors (Lipinski definition) is 5. The van der Waals surface area contributed by atoms with Gasteiger partial charge in [0.2, 0.25) is 5.91 Å². The van der Waals surface area contributed by atoms with Crippen LogP contribution in [0.1, 0.15) is 23.6 Å². The Balaban J connectivity index is 1.21. The summed E-state index contributed by atoms with van der Waals surface area (Å²) in [6.45, 7) is 6.27. The van der Waals surface area contributed by atoms with E-state index in [0.717, 1.165) is 53.7 Å². The Labute approximate surface area is 251 Å². The third-order valence-corrected chi connectivity index (χ3v) is 8.31. The number of carbonyl (C=O) groups excluding carboxylic acids is 3. The SMILES string of the molecule is CC1(c2ccc(F)c(Cl)c2)NC(=O)N(CC(=O)Nc2cc(Br)ccc2CN2CCN(Cc3ccccc3)CC2)C1=O. The molecular formula is C30H30BrClFN5O3. The van der Waals surface area contributed by atoms with Crippen LogP contribution < -0.4 is 10.6 Å². The Kier molecular flexibility index (Phi) is 8.74. The maximum absolute atomic E-state index is 13.7. The normalized spacial score (nSPS) is 19.9. The molecule has 2 aliphatic heterocycles. The minimum absolute atomic E-state index is 0.165. The summed E-state index contributed by atoms with van der Waals surface area (Å²) in [5.74, 6) is -1.77. The second-order valence-electron chi connectivity index (χ2n) is 10.5. The van der Waals surface area contributed by atoms with Crippen molar-refractivity contribution in [2.45, 2.75) is 25.6 Å². The summed E-state index contributed by atoms with van der Waals surface area (Å²) < 4.78 is 14.5. The number of anilines is 1. The van der Waals surface area contributed by atoms with E-state index in [1.165, 1.54) is 24.6 Å². The number of nitrogens with one attached hydrogen (secondary N) is 2. The maximum Gasteiger partial charge on any atom is 0.325 e. The summed E-state index contributed by atoms with van der Waals surface area (Å²) in [7, 11) is 0. The summed E-state index contributed by atoms with van der Waals surface area (Å²) in [5.41, 5.74) is 1.68. The van der Waals surface area contributed by atoms with Gasteiger partial charge in [-0.3, -0.25) is 24.3 Å². The first-order valence-corrected chi connectivity index (χ1v) is 14.5. The lowest BCUT2D eigenvalue weighted by atomic mass is 9.92. The Hall–Kier alpha value is -3.31. The number of amides is 4. The Morgan fingerprint density at radius 2 is 1.68 bits per heavy atom. The predicted octanol–water partition coefficient (Wildman–Crippen LogP) is 4.97. The molecule has 3 aromatic carbocycles. The minimum Gasteiger partial charge on any atom is -0.324 e. The zero-order valence-electron chi connectivity index (χ0n) is 22.5. The first-order valence-electron chi connectivity index (χ1n) is 13.3. The van der Waals surface area contributed by atoms with Crippen molar-refractivity contribution in [1.29, 1.82) is 0 Å². The maximum atomic E-state index is 13.7. The van der Waals surface area contributed by atoms with Gasteiger partial charge in [0.1, 0.15) is 17.9 Å². The van der Waals surface area contributed by atoms with Crippen LogP contribution in [0.2, 0.25) is 5.02 Å². The van der Waals surface area contributed by atoms with Gasteiger partial charge in [-0.25, -0.2) is 9.18 Å². The van der Waals surface area contributed by atoms with Crippen LogP contribution in [0.25, 0.3) is 0 Å². The highest BCUT2D eigenvalue weighted by Crippen LogP contribution is 2.31. The molecule has 2 heterocycles. The van der Waals surface area contributed by atoms with Crippen LogP contribution >= 0.6 is 27.5 Å². The number of imide groups is 1. The molecule has 0 spiro atoms. The number of piperazine rings is 1. The summed E-state index contributed by atoms with van der Waals surface area (Å²) in [4.78, 5) is 44.7. The van der Waals surface area contributed by atoms with Crippen LogP contribution in [0.3, 0.4) is 0 Å². The second kappa shape index (κ2) is 12.3. The molecule has 2 N–H and O–H groups in total. The highest BCUT2D eigenvalue weighted by atomic mass is 79.9. The summed E-state index contributed by atoms with van der Waals surface area (Å²) in [6.07, 6.45) is 0. The smallest absolute Gasteiger partial charge is 0.324 e. The van der Waals surface area contributed by atoms with Crippen molar-refractivity contribution in [3.05, 3.63) is 98.7 Å². The zero-order valence-corrected chi connectivity index (χ0v) is 24.8. The van der Waals surface area contributed by atoms with Gasteiger partial charge >= 0.3 is 6.03 Å². The largest absolute Gasteiger partial charge is 0.325 e. The molecular weight excluding hydrogens is 613 g/mol. The molecule has 3 aromatic rings. The lowest BCUT2D eigenvalue weighted by Gasteiger charge is -2.35. The minimum atomic E-state index is -1.47. The van der Waals surface area contributed by atoms with Crippen molar-refractivity contribution >= 4 is 51.1 Å². The molecule has 5 rings (SSSR count). The van der Waals surface area contributed by atoms with Gasteiger partial charge in [-0.2, -0.15) is 0 Å². The van der Waals surface area contributed by atoms with Crippen molar-refractivity contribution in [2.75, 3.05) is 38.0 Å². The highest BCUT2D eigenvalue weighted by molar-refractivity contribution is 9.10. The molecule has 1 unspecified atom stereocenters. The topological polar surface area (TPSA) is 85.0 Å². The van der Waals surface area contributed by atoms with Gasteiger partial charge in [0.05, 0.1) is 5.02 Å². The molecule has 0 aliphatic carbocycles. The van der Waals surface area contributed by atoms with Crippen LogP contribution in [0.15, 0.2) is 71.2 Å². The van der Waals surface area contributed by atoms with Gasteiger partial charge in [0.25, 0.3) is 5.91 Å². The molecule has 0 radical (unpaired) electrons. The third-order valence-electron chi connectivity index (χ3n) is 7.53. The van der Waals surface area contributed by atoms with Gasteiger partial charge in [-0.15, -0.1) is 0 Å². The van der Waals surface area contributed by atoms with Crippen LogP contribution in [0, 0.1) is 5.82 Å². The van der Waals surface area contributed by atoms with Gasteiger partial charge in [-0.1, -0.05) is 70.0 Å². The van der Waals surface area contributed by atoms with Crippen LogP contribution in [-0.4, -0.2) is 65.3 Å². The molecule has 11 heteroatoms. The summed E-state index contributed by atoms with van der Waals surface area (Å²) >= 11 is 9.37. The number of benzene rings is 3. The fourth-order valence-electron chi connectivity index (χ4n) is 5.17. The van der Waals surface area contributed by atoms with Crippen molar-refractivity contribution < 1.29 is 18.8 Å². The molecule has 8 nitrogen and oxygen atoms in total. The van der Waals surface area contributed by atoms with E-state index in [1.807, 2.05) is 24.3 Å². The highest BCUT2D eigenvalue weighted by Gasteiger charge is 2.49. The van der Waals surface area contributed by atoms with Gasteiger partial charge in [-0.05, 0) is 47.9 Å². The number of hydrogen-bond donors (Lipinski definition) is 2. The van der Waals surface area contributed by atoms with E-state index in [0.29, 0.717) is 17.8 Å². The second-order valence-corrected chi connectivity index (χ2v) is 11.8. The fourth-order valence-corrected chi connectivity index (χ4v) is 5.71. The van der Waals surface area contributed by atoms with Crippen molar-refractivity contribution in [1.82, 2.24) is 20.0 Å². The molecule has 0 aromatic heterocycles. The van der Waals surface area contributed by atoms with Gasteiger partial charge in [0.15, 0.2) is 0 Å². The lowest BCUT2D eigenvalue weighted by Crippen LogP contribution is -2.45. The average molecular weight is 643 g/mol. The number of nitrogens with zero attached hydrogens (tertiary/aromatic N) is 3. The lowest BCUT2D eigenvalue weighted by molar-refractivity contribution is -0.133. The Morgan fingerprint density at radius 3 is 2.37 bits per heavy atom. The van der Waals surface area contributed by atoms with Crippen molar-refractivity contribution in [3.8, 4) is 0 Å². The molecule has 2 fully saturated rings. The van der Waals surface area contributed by atoms with Crippen LogP contribution in [0.4, 0.5) is 14.9 Å². The molecule has 1 atom stereocenters. The van der Waals surface area contributed by atoms with E-state index < -0.39 is 35.7 Å². The van der Waals surface area contributed by atoms with E-state index in [4.69, 9.17) is 11.6 Å². The van der Waals surface area contributed by atoms with Crippen LogP contribution in [0.5, 0.6) is 0 Å². The number of halogens is 3. The predicted molar refractivity (Wildman–Crippen MR) is 159 cm³/mol. The zero-order chi connectivity index (χ0) is 29.1.